The van der Waals surface area contributed by atoms with Crippen molar-refractivity contribution in [2.24, 2.45) is 5.92 Å². The normalized spacial score (nSPS) is 13.0. The van der Waals surface area contributed by atoms with Crippen molar-refractivity contribution in [1.29, 1.82) is 0 Å². The molecule has 3 heteroatoms. The maximum atomic E-state index is 5.69. The van der Waals surface area contributed by atoms with E-state index in [0.717, 1.165) is 0 Å². The minimum atomic E-state index is 0.175. The van der Waals surface area contributed by atoms with Crippen LogP contribution in [-0.4, -0.2) is 11.1 Å². The average molecular weight is 200 g/mol. The number of rotatable bonds is 3. The molecule has 0 aliphatic heterocycles. The molecular formula is C10H14ClNO. The Labute approximate surface area is 83.9 Å². The molecule has 1 rings (SSSR count). The van der Waals surface area contributed by atoms with Crippen molar-refractivity contribution >= 4 is 11.6 Å². The van der Waals surface area contributed by atoms with Gasteiger partial charge in [-0.15, -0.1) is 0 Å². The van der Waals surface area contributed by atoms with E-state index in [0.29, 0.717) is 16.8 Å². The van der Waals surface area contributed by atoms with Gasteiger partial charge in [0.2, 0.25) is 5.88 Å². The Morgan fingerprint density at radius 1 is 1.31 bits per heavy atom. The number of hydrogen-bond acceptors (Lipinski definition) is 2. The molecule has 1 heterocycles. The molecule has 0 aromatic carbocycles. The summed E-state index contributed by atoms with van der Waals surface area (Å²) in [5, 5.41) is 0.629. The number of nitrogens with zero attached hydrogens (tertiary/aromatic N) is 1. The van der Waals surface area contributed by atoms with E-state index in [1.165, 1.54) is 0 Å². The smallest absolute Gasteiger partial charge is 0.213 e. The highest BCUT2D eigenvalue weighted by Gasteiger charge is 2.08. The third-order valence-corrected chi connectivity index (χ3v) is 2.17. The van der Waals surface area contributed by atoms with Crippen LogP contribution in [-0.2, 0) is 0 Å². The molecule has 72 valence electrons. The number of ether oxygens (including phenoxy) is 1. The first kappa shape index (κ1) is 10.3. The fourth-order valence-corrected chi connectivity index (χ4v) is 0.870. The molecule has 0 bridgehead atoms. The van der Waals surface area contributed by atoms with Crippen LogP contribution in [0.3, 0.4) is 0 Å². The average Bonchev–Trinajstić information content (AvgIpc) is 2.08. The highest BCUT2D eigenvalue weighted by Crippen LogP contribution is 2.15. The summed E-state index contributed by atoms with van der Waals surface area (Å²) in [6.07, 6.45) is 1.76. The second kappa shape index (κ2) is 4.47. The van der Waals surface area contributed by atoms with Gasteiger partial charge in [0, 0.05) is 12.3 Å². The number of aromatic nitrogens is 1. The lowest BCUT2D eigenvalue weighted by molar-refractivity contribution is 0.163. The van der Waals surface area contributed by atoms with Crippen molar-refractivity contribution in [2.75, 3.05) is 0 Å². The van der Waals surface area contributed by atoms with Crippen LogP contribution in [0, 0.1) is 5.92 Å². The minimum Gasteiger partial charge on any atom is -0.474 e. The summed E-state index contributed by atoms with van der Waals surface area (Å²) >= 11 is 5.69. The maximum Gasteiger partial charge on any atom is 0.213 e. The SMILES string of the molecule is CC(C)C(C)Oc1ccc(Cl)cn1. The van der Waals surface area contributed by atoms with Gasteiger partial charge in [-0.1, -0.05) is 25.4 Å². The summed E-state index contributed by atoms with van der Waals surface area (Å²) in [5.74, 6) is 1.11. The van der Waals surface area contributed by atoms with E-state index in [9.17, 15) is 0 Å². The van der Waals surface area contributed by atoms with Crippen LogP contribution in [0.4, 0.5) is 0 Å². The molecule has 0 saturated heterocycles. The Morgan fingerprint density at radius 2 is 2.00 bits per heavy atom. The fourth-order valence-electron chi connectivity index (χ4n) is 0.759. The molecule has 1 aromatic heterocycles. The van der Waals surface area contributed by atoms with Crippen LogP contribution < -0.4 is 4.74 Å². The summed E-state index contributed by atoms with van der Waals surface area (Å²) in [6, 6.07) is 3.55. The summed E-state index contributed by atoms with van der Waals surface area (Å²) in [7, 11) is 0. The predicted octanol–water partition coefficient (Wildman–Crippen LogP) is 3.16. The van der Waals surface area contributed by atoms with Crippen LogP contribution in [0.1, 0.15) is 20.8 Å². The van der Waals surface area contributed by atoms with Crippen LogP contribution in [0.2, 0.25) is 5.02 Å². The van der Waals surface area contributed by atoms with Crippen molar-refractivity contribution in [3.63, 3.8) is 0 Å². The second-order valence-corrected chi connectivity index (χ2v) is 3.82. The Hall–Kier alpha value is -0.760. The van der Waals surface area contributed by atoms with Gasteiger partial charge in [0.05, 0.1) is 11.1 Å². The zero-order chi connectivity index (χ0) is 9.84. The first-order valence-corrected chi connectivity index (χ1v) is 4.75. The fraction of sp³-hybridized carbons (Fsp3) is 0.500. The molecule has 0 saturated carbocycles. The summed E-state index contributed by atoms with van der Waals surface area (Å²) in [4.78, 5) is 4.05. The molecule has 0 amide bonds. The highest BCUT2D eigenvalue weighted by molar-refractivity contribution is 6.30. The summed E-state index contributed by atoms with van der Waals surface area (Å²) < 4.78 is 5.56. The lowest BCUT2D eigenvalue weighted by atomic mass is 10.1. The molecule has 1 aromatic rings. The Kier molecular flexibility index (Phi) is 3.55. The van der Waals surface area contributed by atoms with Crippen molar-refractivity contribution in [1.82, 2.24) is 4.98 Å². The zero-order valence-corrected chi connectivity index (χ0v) is 8.88. The highest BCUT2D eigenvalue weighted by atomic mass is 35.5. The molecule has 2 nitrogen and oxygen atoms in total. The van der Waals surface area contributed by atoms with Gasteiger partial charge in [0.25, 0.3) is 0 Å². The Morgan fingerprint density at radius 3 is 2.46 bits per heavy atom. The third-order valence-electron chi connectivity index (χ3n) is 1.95. The van der Waals surface area contributed by atoms with Gasteiger partial charge in [-0.25, -0.2) is 4.98 Å². The van der Waals surface area contributed by atoms with E-state index in [2.05, 4.69) is 18.8 Å². The minimum absolute atomic E-state index is 0.175. The molecule has 1 atom stereocenters. The molecule has 1 unspecified atom stereocenters. The van der Waals surface area contributed by atoms with Crippen molar-refractivity contribution < 1.29 is 4.74 Å². The molecular weight excluding hydrogens is 186 g/mol. The topological polar surface area (TPSA) is 22.1 Å². The summed E-state index contributed by atoms with van der Waals surface area (Å²) in [6.45, 7) is 6.25. The van der Waals surface area contributed by atoms with Crippen LogP contribution in [0.5, 0.6) is 5.88 Å². The first-order valence-electron chi connectivity index (χ1n) is 4.38. The molecule has 0 spiro atoms. The van der Waals surface area contributed by atoms with Crippen LogP contribution in [0.15, 0.2) is 18.3 Å². The number of pyridine rings is 1. The van der Waals surface area contributed by atoms with E-state index < -0.39 is 0 Å². The second-order valence-electron chi connectivity index (χ2n) is 3.38. The van der Waals surface area contributed by atoms with E-state index in [4.69, 9.17) is 16.3 Å². The maximum absolute atomic E-state index is 5.69. The van der Waals surface area contributed by atoms with Gasteiger partial charge in [0.15, 0.2) is 0 Å². The largest absolute Gasteiger partial charge is 0.474 e. The monoisotopic (exact) mass is 199 g/mol. The van der Waals surface area contributed by atoms with Gasteiger partial charge < -0.3 is 4.74 Å². The lowest BCUT2D eigenvalue weighted by Gasteiger charge is -2.16. The first-order chi connectivity index (χ1) is 6.09. The van der Waals surface area contributed by atoms with Crippen molar-refractivity contribution in [3.8, 4) is 5.88 Å². The number of hydrogen-bond donors (Lipinski definition) is 0. The van der Waals surface area contributed by atoms with E-state index in [1.807, 2.05) is 6.92 Å². The van der Waals surface area contributed by atoms with Gasteiger partial charge in [-0.2, -0.15) is 0 Å². The van der Waals surface area contributed by atoms with Gasteiger partial charge in [-0.05, 0) is 18.9 Å². The van der Waals surface area contributed by atoms with E-state index >= 15 is 0 Å². The van der Waals surface area contributed by atoms with Crippen LogP contribution >= 0.6 is 11.6 Å². The van der Waals surface area contributed by atoms with E-state index in [-0.39, 0.29) is 6.10 Å². The molecule has 0 radical (unpaired) electrons. The summed E-state index contributed by atoms with van der Waals surface area (Å²) in [5.41, 5.74) is 0. The van der Waals surface area contributed by atoms with Gasteiger partial charge in [0.1, 0.15) is 0 Å². The third kappa shape index (κ3) is 3.23. The van der Waals surface area contributed by atoms with Gasteiger partial charge >= 0.3 is 0 Å². The quantitative estimate of drug-likeness (QED) is 0.746. The molecule has 0 N–H and O–H groups in total. The standard InChI is InChI=1S/C10H14ClNO/c1-7(2)8(3)13-10-5-4-9(11)6-12-10/h4-8H,1-3H3. The Bertz CT molecular complexity index is 258. The van der Waals surface area contributed by atoms with E-state index in [1.54, 1.807) is 18.3 Å². The zero-order valence-electron chi connectivity index (χ0n) is 8.12. The Balaban J connectivity index is 2.59. The van der Waals surface area contributed by atoms with Crippen LogP contribution in [0.25, 0.3) is 0 Å². The van der Waals surface area contributed by atoms with Crippen molar-refractivity contribution in [3.05, 3.63) is 23.4 Å². The number of halogens is 1. The predicted molar refractivity (Wildman–Crippen MR) is 54.2 cm³/mol. The van der Waals surface area contributed by atoms with Crippen molar-refractivity contribution in [2.45, 2.75) is 26.9 Å². The molecule has 13 heavy (non-hydrogen) atoms. The lowest BCUT2D eigenvalue weighted by Crippen LogP contribution is -2.19. The molecule has 0 fully saturated rings. The molecule has 0 aliphatic rings. The van der Waals surface area contributed by atoms with Gasteiger partial charge in [-0.3, -0.25) is 0 Å². The molecule has 0 aliphatic carbocycles.